The molecule has 0 aliphatic carbocycles. The first-order chi connectivity index (χ1) is 9.20. The SMILES string of the molecule is CN1CCc2nc(NC(=O)Nc3ccco3)sc2C1. The highest BCUT2D eigenvalue weighted by molar-refractivity contribution is 7.15. The van der Waals surface area contributed by atoms with Crippen LogP contribution in [0.2, 0.25) is 0 Å². The molecule has 0 aromatic carbocycles. The number of hydrogen-bond acceptors (Lipinski definition) is 5. The van der Waals surface area contributed by atoms with Gasteiger partial charge in [0, 0.05) is 30.5 Å². The number of nitrogens with zero attached hydrogens (tertiary/aromatic N) is 2. The number of carbonyl (C=O) groups excluding carboxylic acids is 1. The molecule has 0 atom stereocenters. The Morgan fingerprint density at radius 2 is 2.42 bits per heavy atom. The Kier molecular flexibility index (Phi) is 3.22. The molecule has 2 amide bonds. The number of amides is 2. The minimum absolute atomic E-state index is 0.339. The van der Waals surface area contributed by atoms with Crippen LogP contribution in [-0.4, -0.2) is 29.5 Å². The van der Waals surface area contributed by atoms with Gasteiger partial charge in [-0.05, 0) is 13.1 Å². The summed E-state index contributed by atoms with van der Waals surface area (Å²) in [6.07, 6.45) is 2.44. The predicted molar refractivity (Wildman–Crippen MR) is 73.5 cm³/mol. The van der Waals surface area contributed by atoms with Crippen LogP contribution >= 0.6 is 11.3 Å². The maximum atomic E-state index is 11.7. The largest absolute Gasteiger partial charge is 0.449 e. The standard InChI is InChI=1S/C12H14N4O2S/c1-16-5-4-8-9(7-16)19-12(13-8)15-11(17)14-10-3-2-6-18-10/h2-3,6H,4-5,7H2,1H3,(H2,13,14,15,17). The van der Waals surface area contributed by atoms with Gasteiger partial charge in [0.15, 0.2) is 5.13 Å². The fraction of sp³-hybridized carbons (Fsp3) is 0.333. The summed E-state index contributed by atoms with van der Waals surface area (Å²) in [5, 5.41) is 5.96. The Hall–Kier alpha value is -1.86. The zero-order valence-corrected chi connectivity index (χ0v) is 11.3. The summed E-state index contributed by atoms with van der Waals surface area (Å²) in [6, 6.07) is 3.06. The van der Waals surface area contributed by atoms with Gasteiger partial charge in [0.1, 0.15) is 0 Å². The van der Waals surface area contributed by atoms with E-state index in [1.165, 1.54) is 22.5 Å². The Morgan fingerprint density at radius 3 is 3.21 bits per heavy atom. The van der Waals surface area contributed by atoms with Crippen LogP contribution in [0.1, 0.15) is 10.6 Å². The van der Waals surface area contributed by atoms with E-state index >= 15 is 0 Å². The maximum absolute atomic E-state index is 11.7. The predicted octanol–water partition coefficient (Wildman–Crippen LogP) is 2.37. The highest BCUT2D eigenvalue weighted by Crippen LogP contribution is 2.27. The van der Waals surface area contributed by atoms with Crippen LogP contribution in [0.4, 0.5) is 15.8 Å². The van der Waals surface area contributed by atoms with Gasteiger partial charge in [0.05, 0.1) is 12.0 Å². The molecule has 6 nitrogen and oxygen atoms in total. The zero-order chi connectivity index (χ0) is 13.2. The molecular formula is C12H14N4O2S. The molecule has 0 spiro atoms. The Bertz CT molecular complexity index is 579. The molecule has 0 radical (unpaired) electrons. The average molecular weight is 278 g/mol. The number of hydrogen-bond donors (Lipinski definition) is 2. The Morgan fingerprint density at radius 1 is 1.53 bits per heavy atom. The summed E-state index contributed by atoms with van der Waals surface area (Å²) in [4.78, 5) is 19.6. The number of aromatic nitrogens is 1. The third-order valence-electron chi connectivity index (χ3n) is 2.90. The summed E-state index contributed by atoms with van der Waals surface area (Å²) >= 11 is 1.52. The second kappa shape index (κ2) is 5.02. The minimum atomic E-state index is -0.339. The number of likely N-dealkylation sites (N-methyl/N-ethyl adjacent to an activating group) is 1. The molecule has 2 aromatic heterocycles. The minimum Gasteiger partial charge on any atom is -0.449 e. The lowest BCUT2D eigenvalue weighted by Gasteiger charge is -2.20. The summed E-state index contributed by atoms with van der Waals surface area (Å²) in [7, 11) is 2.08. The number of rotatable bonds is 2. The Labute approximate surface area is 114 Å². The van der Waals surface area contributed by atoms with Gasteiger partial charge in [-0.1, -0.05) is 0 Å². The highest BCUT2D eigenvalue weighted by Gasteiger charge is 2.19. The first-order valence-electron chi connectivity index (χ1n) is 5.99. The van der Waals surface area contributed by atoms with E-state index in [1.54, 1.807) is 12.1 Å². The van der Waals surface area contributed by atoms with Crippen molar-refractivity contribution in [2.45, 2.75) is 13.0 Å². The lowest BCUT2D eigenvalue weighted by molar-refractivity contribution is 0.261. The summed E-state index contributed by atoms with van der Waals surface area (Å²) in [6.45, 7) is 1.91. The quantitative estimate of drug-likeness (QED) is 0.884. The molecule has 0 bridgehead atoms. The van der Waals surface area contributed by atoms with Crippen molar-refractivity contribution in [2.24, 2.45) is 0 Å². The van der Waals surface area contributed by atoms with E-state index < -0.39 is 0 Å². The van der Waals surface area contributed by atoms with Crippen LogP contribution < -0.4 is 10.6 Å². The zero-order valence-electron chi connectivity index (χ0n) is 10.5. The Balaban J connectivity index is 1.65. The van der Waals surface area contributed by atoms with E-state index in [4.69, 9.17) is 4.42 Å². The van der Waals surface area contributed by atoms with Crippen LogP contribution in [-0.2, 0) is 13.0 Å². The van der Waals surface area contributed by atoms with Crippen molar-refractivity contribution in [3.05, 3.63) is 29.0 Å². The molecule has 3 rings (SSSR count). The maximum Gasteiger partial charge on any atom is 0.327 e. The molecule has 0 saturated carbocycles. The van der Waals surface area contributed by atoms with Gasteiger partial charge < -0.3 is 9.32 Å². The van der Waals surface area contributed by atoms with E-state index in [9.17, 15) is 4.79 Å². The van der Waals surface area contributed by atoms with Gasteiger partial charge in [0.2, 0.25) is 5.88 Å². The number of furan rings is 1. The number of urea groups is 1. The van der Waals surface area contributed by atoms with Crippen molar-refractivity contribution in [1.29, 1.82) is 0 Å². The van der Waals surface area contributed by atoms with Crippen molar-refractivity contribution in [2.75, 3.05) is 24.2 Å². The fourth-order valence-corrected chi connectivity index (χ4v) is 3.05. The molecule has 7 heteroatoms. The van der Waals surface area contributed by atoms with Gasteiger partial charge >= 0.3 is 6.03 Å². The number of thiazole rings is 1. The monoisotopic (exact) mass is 278 g/mol. The van der Waals surface area contributed by atoms with Crippen LogP contribution in [0.5, 0.6) is 0 Å². The molecule has 19 heavy (non-hydrogen) atoms. The summed E-state index contributed by atoms with van der Waals surface area (Å²) in [5.41, 5.74) is 1.09. The third kappa shape index (κ3) is 2.77. The van der Waals surface area contributed by atoms with E-state index in [2.05, 4.69) is 27.6 Å². The summed E-state index contributed by atoms with van der Waals surface area (Å²) in [5.74, 6) is 0.415. The van der Waals surface area contributed by atoms with Crippen LogP contribution in [0.15, 0.2) is 22.8 Å². The van der Waals surface area contributed by atoms with Crippen LogP contribution in [0.3, 0.4) is 0 Å². The number of fused-ring (bicyclic) bond motifs is 1. The fourth-order valence-electron chi connectivity index (χ4n) is 1.97. The number of anilines is 2. The lowest BCUT2D eigenvalue weighted by atomic mass is 10.2. The van der Waals surface area contributed by atoms with Gasteiger partial charge in [-0.2, -0.15) is 0 Å². The molecule has 0 saturated heterocycles. The normalized spacial score (nSPS) is 15.0. The van der Waals surface area contributed by atoms with Crippen molar-refractivity contribution in [1.82, 2.24) is 9.88 Å². The molecule has 0 fully saturated rings. The molecule has 100 valence electrons. The molecule has 3 heterocycles. The van der Waals surface area contributed by atoms with Crippen molar-refractivity contribution < 1.29 is 9.21 Å². The van der Waals surface area contributed by atoms with E-state index in [0.29, 0.717) is 11.0 Å². The molecular weight excluding hydrogens is 264 g/mol. The van der Waals surface area contributed by atoms with Crippen molar-refractivity contribution in [3.63, 3.8) is 0 Å². The van der Waals surface area contributed by atoms with Gasteiger partial charge in [-0.3, -0.25) is 10.6 Å². The van der Waals surface area contributed by atoms with Gasteiger partial charge in [-0.15, -0.1) is 11.3 Å². The molecule has 2 aromatic rings. The van der Waals surface area contributed by atoms with E-state index in [0.717, 1.165) is 25.2 Å². The van der Waals surface area contributed by atoms with Crippen LogP contribution in [0.25, 0.3) is 0 Å². The second-order valence-electron chi connectivity index (χ2n) is 4.43. The topological polar surface area (TPSA) is 70.4 Å². The van der Waals surface area contributed by atoms with E-state index in [1.807, 2.05) is 0 Å². The van der Waals surface area contributed by atoms with Gasteiger partial charge in [0.25, 0.3) is 0 Å². The first kappa shape index (κ1) is 12.2. The molecule has 2 N–H and O–H groups in total. The lowest BCUT2D eigenvalue weighted by Crippen LogP contribution is -2.25. The van der Waals surface area contributed by atoms with Crippen LogP contribution in [0, 0.1) is 0 Å². The smallest absolute Gasteiger partial charge is 0.327 e. The second-order valence-corrected chi connectivity index (χ2v) is 5.52. The molecule has 1 aliphatic rings. The first-order valence-corrected chi connectivity index (χ1v) is 6.81. The van der Waals surface area contributed by atoms with Crippen molar-refractivity contribution >= 4 is 28.4 Å². The highest BCUT2D eigenvalue weighted by atomic mass is 32.1. The van der Waals surface area contributed by atoms with Crippen molar-refractivity contribution in [3.8, 4) is 0 Å². The average Bonchev–Trinajstić information content (AvgIpc) is 2.97. The molecule has 0 unspecified atom stereocenters. The summed E-state index contributed by atoms with van der Waals surface area (Å²) < 4.78 is 5.04. The number of carbonyl (C=O) groups is 1. The molecule has 1 aliphatic heterocycles. The number of nitrogens with one attached hydrogen (secondary N) is 2. The third-order valence-corrected chi connectivity index (χ3v) is 3.90. The van der Waals surface area contributed by atoms with Gasteiger partial charge in [-0.25, -0.2) is 9.78 Å². The van der Waals surface area contributed by atoms with E-state index in [-0.39, 0.29) is 6.03 Å².